The molecule has 2 rings (SSSR count). The summed E-state index contributed by atoms with van der Waals surface area (Å²) in [5.41, 5.74) is 8.61. The number of hydrogen-bond acceptors (Lipinski definition) is 8. The molecule has 1 aromatic carbocycles. The second-order valence-electron chi connectivity index (χ2n) is 8.55. The highest BCUT2D eigenvalue weighted by Gasteiger charge is 2.23. The van der Waals surface area contributed by atoms with E-state index in [4.69, 9.17) is 19.9 Å². The highest BCUT2D eigenvalue weighted by molar-refractivity contribution is 5.79. The van der Waals surface area contributed by atoms with E-state index >= 15 is 0 Å². The SMILES string of the molecule is CCCCC[C@@H](C[C@@H](CCc1cc(OC)c(O)cc1C1=CCNC(N)=C1)OC(C)=O)OC(C)=O. The summed E-state index contributed by atoms with van der Waals surface area (Å²) in [6.45, 7) is 5.48. The Morgan fingerprint density at radius 2 is 1.79 bits per heavy atom. The number of nitrogens with two attached hydrogens (primary N) is 1. The lowest BCUT2D eigenvalue weighted by molar-refractivity contribution is -0.153. The maximum atomic E-state index is 11.8. The van der Waals surface area contributed by atoms with Gasteiger partial charge in [0.05, 0.1) is 12.9 Å². The Balaban J connectivity index is 2.25. The van der Waals surface area contributed by atoms with Crippen LogP contribution >= 0.6 is 0 Å². The fraction of sp³-hybridized carbons (Fsp3) is 0.538. The standard InChI is InChI=1S/C26H38N2O6/c1-5-6-7-8-21(33-17(2)29)15-22(34-18(3)30)10-9-19-13-25(32-4)24(31)16-23(19)20-11-12-28-26(27)14-20/h11,13-14,16,21-22,28,31H,5-10,12,15,27H2,1-4H3/t21-,22+/m0/s1. The summed E-state index contributed by atoms with van der Waals surface area (Å²) >= 11 is 0. The van der Waals surface area contributed by atoms with Gasteiger partial charge >= 0.3 is 11.9 Å². The van der Waals surface area contributed by atoms with Crippen molar-refractivity contribution in [1.82, 2.24) is 5.32 Å². The van der Waals surface area contributed by atoms with Gasteiger partial charge in [0.15, 0.2) is 11.5 Å². The van der Waals surface area contributed by atoms with Crippen LogP contribution in [0.1, 0.15) is 70.4 Å². The number of phenolic OH excluding ortho intramolecular Hbond substituents is 1. The van der Waals surface area contributed by atoms with Gasteiger partial charge in [-0.1, -0.05) is 25.8 Å². The third kappa shape index (κ3) is 8.65. The number of benzene rings is 1. The molecule has 0 aliphatic carbocycles. The summed E-state index contributed by atoms with van der Waals surface area (Å²) in [4.78, 5) is 23.4. The van der Waals surface area contributed by atoms with E-state index in [1.165, 1.54) is 21.0 Å². The fourth-order valence-electron chi connectivity index (χ4n) is 4.14. The zero-order valence-corrected chi connectivity index (χ0v) is 20.7. The van der Waals surface area contributed by atoms with Gasteiger partial charge in [0.25, 0.3) is 0 Å². The largest absolute Gasteiger partial charge is 0.504 e. The quantitative estimate of drug-likeness (QED) is 0.290. The van der Waals surface area contributed by atoms with Crippen molar-refractivity contribution >= 4 is 17.5 Å². The van der Waals surface area contributed by atoms with Crippen LogP contribution in [0.3, 0.4) is 0 Å². The average molecular weight is 475 g/mol. The minimum Gasteiger partial charge on any atom is -0.504 e. The van der Waals surface area contributed by atoms with Gasteiger partial charge in [0.1, 0.15) is 12.2 Å². The summed E-state index contributed by atoms with van der Waals surface area (Å²) in [7, 11) is 1.50. The van der Waals surface area contributed by atoms with Gasteiger partial charge in [0, 0.05) is 26.8 Å². The summed E-state index contributed by atoms with van der Waals surface area (Å²) in [6.07, 6.45) is 8.40. The molecule has 188 valence electrons. The molecule has 0 aromatic heterocycles. The van der Waals surface area contributed by atoms with Crippen LogP contribution < -0.4 is 15.8 Å². The zero-order valence-electron chi connectivity index (χ0n) is 20.7. The molecule has 1 aromatic rings. The number of dihydropyridines is 1. The molecule has 0 spiro atoms. The van der Waals surface area contributed by atoms with E-state index in [9.17, 15) is 14.7 Å². The van der Waals surface area contributed by atoms with Crippen LogP contribution in [0.5, 0.6) is 11.5 Å². The molecule has 34 heavy (non-hydrogen) atoms. The number of rotatable bonds is 13. The topological polar surface area (TPSA) is 120 Å². The van der Waals surface area contributed by atoms with E-state index in [1.54, 1.807) is 12.1 Å². The number of ether oxygens (including phenoxy) is 3. The maximum absolute atomic E-state index is 11.8. The van der Waals surface area contributed by atoms with Gasteiger partial charge in [-0.25, -0.2) is 0 Å². The average Bonchev–Trinajstić information content (AvgIpc) is 2.77. The van der Waals surface area contributed by atoms with Gasteiger partial charge in [0.2, 0.25) is 0 Å². The van der Waals surface area contributed by atoms with E-state index in [1.807, 2.05) is 12.2 Å². The number of nitrogens with one attached hydrogen (secondary N) is 1. The number of methoxy groups -OCH3 is 1. The number of carbonyl (C=O) groups excluding carboxylic acids is 2. The highest BCUT2D eigenvalue weighted by Crippen LogP contribution is 2.35. The second kappa shape index (κ2) is 13.5. The zero-order chi connectivity index (χ0) is 25.1. The van der Waals surface area contributed by atoms with Gasteiger partial charge in [-0.3, -0.25) is 9.59 Å². The van der Waals surface area contributed by atoms with Crippen LogP contribution in [0.25, 0.3) is 5.57 Å². The molecule has 4 N–H and O–H groups in total. The molecule has 2 atom stereocenters. The Morgan fingerprint density at radius 3 is 2.38 bits per heavy atom. The van der Waals surface area contributed by atoms with Crippen molar-refractivity contribution in [2.24, 2.45) is 5.73 Å². The molecule has 1 heterocycles. The first-order chi connectivity index (χ1) is 16.2. The van der Waals surface area contributed by atoms with Crippen LogP contribution in [0.4, 0.5) is 0 Å². The van der Waals surface area contributed by atoms with E-state index in [0.29, 0.717) is 37.4 Å². The summed E-state index contributed by atoms with van der Waals surface area (Å²) < 4.78 is 16.4. The third-order valence-corrected chi connectivity index (χ3v) is 5.71. The Labute approximate surface area is 202 Å². The van der Waals surface area contributed by atoms with Gasteiger partial charge < -0.3 is 30.4 Å². The minimum atomic E-state index is -0.418. The minimum absolute atomic E-state index is 0.0371. The predicted octanol–water partition coefficient (Wildman–Crippen LogP) is 3.95. The molecule has 0 bridgehead atoms. The van der Waals surface area contributed by atoms with Crippen molar-refractivity contribution in [1.29, 1.82) is 0 Å². The molecule has 0 fully saturated rings. The molecule has 0 amide bonds. The molecule has 1 aliphatic rings. The Hall–Kier alpha value is -3.16. The maximum Gasteiger partial charge on any atom is 0.302 e. The normalized spacial score (nSPS) is 14.8. The number of esters is 2. The Morgan fingerprint density at radius 1 is 1.12 bits per heavy atom. The van der Waals surface area contributed by atoms with E-state index < -0.39 is 6.10 Å². The van der Waals surface area contributed by atoms with Crippen molar-refractivity contribution in [3.63, 3.8) is 0 Å². The predicted molar refractivity (Wildman–Crippen MR) is 131 cm³/mol. The van der Waals surface area contributed by atoms with Gasteiger partial charge in [-0.15, -0.1) is 0 Å². The first kappa shape index (κ1) is 27.1. The van der Waals surface area contributed by atoms with Crippen molar-refractivity contribution in [3.05, 3.63) is 41.2 Å². The molecule has 8 nitrogen and oxygen atoms in total. The number of aromatic hydroxyl groups is 1. The highest BCUT2D eigenvalue weighted by atomic mass is 16.6. The fourth-order valence-corrected chi connectivity index (χ4v) is 4.14. The van der Waals surface area contributed by atoms with Crippen molar-refractivity contribution in [3.8, 4) is 11.5 Å². The monoisotopic (exact) mass is 474 g/mol. The number of unbranched alkanes of at least 4 members (excludes halogenated alkanes) is 2. The van der Waals surface area contributed by atoms with Crippen LogP contribution in [0.2, 0.25) is 0 Å². The summed E-state index contributed by atoms with van der Waals surface area (Å²) in [6, 6.07) is 3.47. The lowest BCUT2D eigenvalue weighted by Gasteiger charge is -2.24. The van der Waals surface area contributed by atoms with Crippen molar-refractivity contribution in [2.45, 2.75) is 77.9 Å². The van der Waals surface area contributed by atoms with E-state index in [2.05, 4.69) is 12.2 Å². The molecule has 0 saturated heterocycles. The number of phenols is 1. The van der Waals surface area contributed by atoms with Gasteiger partial charge in [-0.05, 0) is 60.6 Å². The van der Waals surface area contributed by atoms with E-state index in [0.717, 1.165) is 42.4 Å². The Kier molecular flexibility index (Phi) is 10.8. The lowest BCUT2D eigenvalue weighted by Crippen LogP contribution is -2.27. The number of allylic oxidation sites excluding steroid dienone is 2. The molecule has 8 heteroatoms. The lowest BCUT2D eigenvalue weighted by atomic mass is 9.92. The third-order valence-electron chi connectivity index (χ3n) is 5.71. The molecule has 1 aliphatic heterocycles. The number of aryl methyl sites for hydroxylation is 1. The summed E-state index contributed by atoms with van der Waals surface area (Å²) in [5, 5.41) is 13.4. The number of carbonyl (C=O) groups is 2. The first-order valence-electron chi connectivity index (χ1n) is 11.9. The molecular formula is C26H38N2O6. The van der Waals surface area contributed by atoms with Crippen LogP contribution in [0.15, 0.2) is 30.1 Å². The molecular weight excluding hydrogens is 436 g/mol. The van der Waals surface area contributed by atoms with Crippen molar-refractivity contribution < 1.29 is 28.9 Å². The first-order valence-corrected chi connectivity index (χ1v) is 11.9. The van der Waals surface area contributed by atoms with Crippen LogP contribution in [0, 0.1) is 0 Å². The van der Waals surface area contributed by atoms with Gasteiger partial charge in [-0.2, -0.15) is 0 Å². The summed E-state index contributed by atoms with van der Waals surface area (Å²) in [5.74, 6) is 0.241. The number of hydrogen-bond donors (Lipinski definition) is 3. The van der Waals surface area contributed by atoms with Crippen LogP contribution in [-0.2, 0) is 25.5 Å². The smallest absolute Gasteiger partial charge is 0.302 e. The molecule has 0 unspecified atom stereocenters. The van der Waals surface area contributed by atoms with Crippen molar-refractivity contribution in [2.75, 3.05) is 13.7 Å². The molecule has 0 saturated carbocycles. The van der Waals surface area contributed by atoms with E-state index in [-0.39, 0.29) is 23.8 Å². The van der Waals surface area contributed by atoms with Crippen LogP contribution in [-0.4, -0.2) is 42.9 Å². The second-order valence-corrected chi connectivity index (χ2v) is 8.55. The molecule has 0 radical (unpaired) electrons. The Bertz CT molecular complexity index is 909.